The summed E-state index contributed by atoms with van der Waals surface area (Å²) in [6.45, 7) is 6.97. The van der Waals surface area contributed by atoms with Crippen LogP contribution in [0.15, 0.2) is 24.3 Å². The first-order valence-electron chi connectivity index (χ1n) is 7.68. The number of hydrogen-bond acceptors (Lipinski definition) is 2. The van der Waals surface area contributed by atoms with E-state index in [4.69, 9.17) is 0 Å². The average molecular weight is 277 g/mol. The van der Waals surface area contributed by atoms with Crippen LogP contribution in [0, 0.1) is 5.41 Å². The van der Waals surface area contributed by atoms with Gasteiger partial charge in [-0.25, -0.2) is 0 Å². The Hall–Kier alpha value is -0.630. The minimum Gasteiger partial charge on any atom is -0.371 e. The Balaban J connectivity index is 2.24. The number of para-hydroxylation sites is 1. The predicted molar refractivity (Wildman–Crippen MR) is 88.5 cm³/mol. The van der Waals surface area contributed by atoms with Crippen molar-refractivity contribution < 1.29 is 0 Å². The van der Waals surface area contributed by atoms with Gasteiger partial charge in [0.2, 0.25) is 0 Å². The minimum absolute atomic E-state index is 0.362. The van der Waals surface area contributed by atoms with Gasteiger partial charge in [0, 0.05) is 18.8 Å². The van der Waals surface area contributed by atoms with E-state index in [2.05, 4.69) is 55.6 Å². The second-order valence-electron chi connectivity index (χ2n) is 5.87. The maximum Gasteiger partial charge on any atom is 0.0398 e. The summed E-state index contributed by atoms with van der Waals surface area (Å²) in [5.74, 6) is 0.985. The van der Waals surface area contributed by atoms with Gasteiger partial charge >= 0.3 is 0 Å². The van der Waals surface area contributed by atoms with Crippen LogP contribution in [0.4, 0.5) is 5.69 Å². The molecule has 0 fully saturated rings. The van der Waals surface area contributed by atoms with E-state index in [1.165, 1.54) is 49.9 Å². The summed E-state index contributed by atoms with van der Waals surface area (Å²) in [6.07, 6.45) is 6.29. The number of hydrogen-bond donors (Lipinski definition) is 1. The van der Waals surface area contributed by atoms with Crippen LogP contribution >= 0.6 is 12.6 Å². The van der Waals surface area contributed by atoms with E-state index >= 15 is 0 Å². The molecule has 0 atom stereocenters. The summed E-state index contributed by atoms with van der Waals surface area (Å²) < 4.78 is 0. The molecule has 1 heterocycles. The third-order valence-corrected chi connectivity index (χ3v) is 5.49. The summed E-state index contributed by atoms with van der Waals surface area (Å²) >= 11 is 4.63. The molecular formula is C17H27NS. The number of aryl methyl sites for hydroxylation is 1. The van der Waals surface area contributed by atoms with Crippen molar-refractivity contribution in [1.82, 2.24) is 0 Å². The highest BCUT2D eigenvalue weighted by atomic mass is 32.1. The monoisotopic (exact) mass is 277 g/mol. The highest BCUT2D eigenvalue weighted by Crippen LogP contribution is 2.34. The van der Waals surface area contributed by atoms with Crippen molar-refractivity contribution in [1.29, 1.82) is 0 Å². The zero-order valence-electron chi connectivity index (χ0n) is 12.4. The number of fused-ring (bicyclic) bond motifs is 1. The van der Waals surface area contributed by atoms with Crippen molar-refractivity contribution in [3.05, 3.63) is 29.8 Å². The lowest BCUT2D eigenvalue weighted by molar-refractivity contribution is 0.309. The van der Waals surface area contributed by atoms with E-state index in [1.54, 1.807) is 0 Å². The van der Waals surface area contributed by atoms with Crippen LogP contribution in [0.2, 0.25) is 0 Å². The quantitative estimate of drug-likeness (QED) is 0.772. The topological polar surface area (TPSA) is 3.24 Å². The Kier molecular flexibility index (Phi) is 5.20. The molecule has 0 N–H and O–H groups in total. The van der Waals surface area contributed by atoms with Gasteiger partial charge in [-0.05, 0) is 54.9 Å². The lowest BCUT2D eigenvalue weighted by Gasteiger charge is -2.37. The second kappa shape index (κ2) is 6.69. The van der Waals surface area contributed by atoms with Gasteiger partial charge in [-0.15, -0.1) is 0 Å². The van der Waals surface area contributed by atoms with Crippen LogP contribution in [0.5, 0.6) is 0 Å². The number of nitrogens with zero attached hydrogens (tertiary/aromatic N) is 1. The zero-order chi connectivity index (χ0) is 13.7. The Morgan fingerprint density at radius 3 is 2.58 bits per heavy atom. The zero-order valence-corrected chi connectivity index (χ0v) is 13.3. The lowest BCUT2D eigenvalue weighted by atomic mass is 9.83. The molecule has 0 amide bonds. The molecule has 1 aromatic rings. The third kappa shape index (κ3) is 3.28. The van der Waals surface area contributed by atoms with Crippen molar-refractivity contribution in [2.75, 3.05) is 23.7 Å². The van der Waals surface area contributed by atoms with Crippen LogP contribution in [-0.2, 0) is 6.42 Å². The summed E-state index contributed by atoms with van der Waals surface area (Å²) in [7, 11) is 0. The maximum absolute atomic E-state index is 4.63. The molecule has 0 spiro atoms. The van der Waals surface area contributed by atoms with Crippen molar-refractivity contribution in [2.45, 2.75) is 46.0 Å². The molecule has 1 aromatic carbocycles. The summed E-state index contributed by atoms with van der Waals surface area (Å²) in [6, 6.07) is 8.95. The first kappa shape index (κ1) is 14.8. The molecule has 2 heteroatoms. The van der Waals surface area contributed by atoms with E-state index in [-0.39, 0.29) is 0 Å². The molecule has 2 rings (SSSR count). The molecule has 0 unspecified atom stereocenters. The molecule has 0 bridgehead atoms. The molecular weight excluding hydrogens is 250 g/mol. The van der Waals surface area contributed by atoms with Gasteiger partial charge in [0.1, 0.15) is 0 Å². The van der Waals surface area contributed by atoms with Crippen LogP contribution < -0.4 is 4.90 Å². The standard InChI is InChI=1S/C17H27NS/c1-3-17(4-2,14-19)13-18-12-8-7-10-15-9-5-6-11-16(15)18/h5-6,9,11,19H,3-4,7-8,10,12-14H2,1-2H3. The lowest BCUT2D eigenvalue weighted by Crippen LogP contribution is -2.39. The number of rotatable bonds is 5. The van der Waals surface area contributed by atoms with Crippen LogP contribution in [-0.4, -0.2) is 18.8 Å². The molecule has 19 heavy (non-hydrogen) atoms. The Morgan fingerprint density at radius 1 is 1.16 bits per heavy atom. The number of anilines is 1. The molecule has 1 aliphatic heterocycles. The summed E-state index contributed by atoms with van der Waals surface area (Å²) in [4.78, 5) is 2.62. The molecule has 0 radical (unpaired) electrons. The average Bonchev–Trinajstić information content (AvgIpc) is 2.67. The smallest absolute Gasteiger partial charge is 0.0398 e. The molecule has 1 aliphatic rings. The van der Waals surface area contributed by atoms with Gasteiger partial charge in [-0.3, -0.25) is 0 Å². The van der Waals surface area contributed by atoms with E-state index < -0.39 is 0 Å². The van der Waals surface area contributed by atoms with E-state index in [0.717, 1.165) is 12.3 Å². The highest BCUT2D eigenvalue weighted by molar-refractivity contribution is 7.80. The number of benzene rings is 1. The van der Waals surface area contributed by atoms with E-state index in [0.29, 0.717) is 5.41 Å². The predicted octanol–water partition coefficient (Wildman–Crippen LogP) is 4.57. The summed E-state index contributed by atoms with van der Waals surface area (Å²) in [5.41, 5.74) is 3.36. The minimum atomic E-state index is 0.362. The van der Waals surface area contributed by atoms with Crippen LogP contribution in [0.1, 0.15) is 45.1 Å². The van der Waals surface area contributed by atoms with Gasteiger partial charge in [0.05, 0.1) is 0 Å². The maximum atomic E-state index is 4.63. The van der Waals surface area contributed by atoms with E-state index in [9.17, 15) is 0 Å². The largest absolute Gasteiger partial charge is 0.371 e. The Morgan fingerprint density at radius 2 is 1.89 bits per heavy atom. The van der Waals surface area contributed by atoms with Crippen LogP contribution in [0.25, 0.3) is 0 Å². The van der Waals surface area contributed by atoms with Crippen molar-refractivity contribution >= 4 is 18.3 Å². The molecule has 0 saturated heterocycles. The van der Waals surface area contributed by atoms with Crippen molar-refractivity contribution in [3.8, 4) is 0 Å². The Bertz CT molecular complexity index is 390. The molecule has 0 aliphatic carbocycles. The van der Waals surface area contributed by atoms with Gasteiger partial charge in [-0.1, -0.05) is 32.0 Å². The molecule has 1 nitrogen and oxygen atoms in total. The molecule has 0 saturated carbocycles. The van der Waals surface area contributed by atoms with Gasteiger partial charge in [0.15, 0.2) is 0 Å². The normalized spacial score (nSPS) is 16.1. The van der Waals surface area contributed by atoms with Crippen molar-refractivity contribution in [3.63, 3.8) is 0 Å². The van der Waals surface area contributed by atoms with Crippen LogP contribution in [0.3, 0.4) is 0 Å². The van der Waals surface area contributed by atoms with Crippen molar-refractivity contribution in [2.24, 2.45) is 5.41 Å². The SMILES string of the molecule is CCC(CC)(CS)CN1CCCCc2ccccc21. The first-order valence-corrected chi connectivity index (χ1v) is 8.31. The fraction of sp³-hybridized carbons (Fsp3) is 0.647. The second-order valence-corrected chi connectivity index (χ2v) is 6.19. The summed E-state index contributed by atoms with van der Waals surface area (Å²) in [5, 5.41) is 0. The third-order valence-electron chi connectivity index (χ3n) is 4.82. The van der Waals surface area contributed by atoms with E-state index in [1.807, 2.05) is 0 Å². The van der Waals surface area contributed by atoms with Gasteiger partial charge in [0.25, 0.3) is 0 Å². The fourth-order valence-corrected chi connectivity index (χ4v) is 3.63. The number of thiol groups is 1. The molecule has 0 aromatic heterocycles. The fourth-order valence-electron chi connectivity index (χ4n) is 3.09. The Labute approximate surface area is 123 Å². The first-order chi connectivity index (χ1) is 9.24. The van der Waals surface area contributed by atoms with Gasteiger partial charge < -0.3 is 4.90 Å². The molecule has 106 valence electrons. The van der Waals surface area contributed by atoms with Gasteiger partial charge in [-0.2, -0.15) is 12.6 Å². The highest BCUT2D eigenvalue weighted by Gasteiger charge is 2.28.